The third-order valence-electron chi connectivity index (χ3n) is 6.57. The van der Waals surface area contributed by atoms with Gasteiger partial charge in [0, 0.05) is 28.8 Å². The van der Waals surface area contributed by atoms with Crippen LogP contribution in [-0.2, 0) is 12.7 Å². The van der Waals surface area contributed by atoms with Gasteiger partial charge in [-0.05, 0) is 49.1 Å². The second kappa shape index (κ2) is 11.5. The first-order valence-corrected chi connectivity index (χ1v) is 13.1. The molecule has 218 valence electrons. The van der Waals surface area contributed by atoms with E-state index in [2.05, 4.69) is 31.1 Å². The fourth-order valence-corrected chi connectivity index (χ4v) is 4.69. The summed E-state index contributed by atoms with van der Waals surface area (Å²) in [5, 5.41) is 17.6. The van der Waals surface area contributed by atoms with E-state index in [4.69, 9.17) is 4.74 Å². The van der Waals surface area contributed by atoms with Crippen LogP contribution in [0.3, 0.4) is 0 Å². The Morgan fingerprint density at radius 2 is 1.76 bits per heavy atom. The fourth-order valence-electron chi connectivity index (χ4n) is 4.36. The van der Waals surface area contributed by atoms with E-state index in [0.717, 1.165) is 28.0 Å². The molecule has 1 fully saturated rings. The highest BCUT2D eigenvalue weighted by Crippen LogP contribution is 2.41. The van der Waals surface area contributed by atoms with Crippen molar-refractivity contribution in [1.82, 2.24) is 20.0 Å². The predicted octanol–water partition coefficient (Wildman–Crippen LogP) is 6.47. The van der Waals surface area contributed by atoms with Crippen LogP contribution >= 0.6 is 15.9 Å². The van der Waals surface area contributed by atoms with Gasteiger partial charge in [-0.15, -0.1) is 0 Å². The zero-order chi connectivity index (χ0) is 30.2. The van der Waals surface area contributed by atoms with Gasteiger partial charge in [0.05, 0.1) is 35.8 Å². The van der Waals surface area contributed by atoms with Crippen LogP contribution < -0.4 is 9.64 Å². The zero-order valence-corrected chi connectivity index (χ0v) is 22.9. The molecule has 9 nitrogen and oxygen atoms in total. The van der Waals surface area contributed by atoms with E-state index in [1.807, 2.05) is 0 Å². The molecule has 5 rings (SSSR count). The largest absolute Gasteiger partial charge is 0.478 e. The molecule has 2 aromatic heterocycles. The van der Waals surface area contributed by atoms with Crippen molar-refractivity contribution in [3.63, 3.8) is 0 Å². The maximum absolute atomic E-state index is 15.4. The Balaban J connectivity index is 1.54. The molecule has 4 aromatic rings. The summed E-state index contributed by atoms with van der Waals surface area (Å²) in [7, 11) is 0. The lowest BCUT2D eigenvalue weighted by Crippen LogP contribution is -2.45. The van der Waals surface area contributed by atoms with Gasteiger partial charge < -0.3 is 14.7 Å². The van der Waals surface area contributed by atoms with E-state index >= 15 is 4.39 Å². The maximum Gasteiger partial charge on any atom is 0.421 e. The number of carboxylic acids is 1. The number of alkyl halides is 3. The zero-order valence-electron chi connectivity index (χ0n) is 21.3. The van der Waals surface area contributed by atoms with Gasteiger partial charge in [0.25, 0.3) is 5.91 Å². The van der Waals surface area contributed by atoms with Crippen molar-refractivity contribution in [1.29, 1.82) is 0 Å². The molecule has 1 aliphatic rings. The van der Waals surface area contributed by atoms with Crippen molar-refractivity contribution in [3.05, 3.63) is 93.3 Å². The maximum atomic E-state index is 15.4. The van der Waals surface area contributed by atoms with Crippen molar-refractivity contribution >= 4 is 33.5 Å². The van der Waals surface area contributed by atoms with Crippen molar-refractivity contribution < 1.29 is 41.4 Å². The summed E-state index contributed by atoms with van der Waals surface area (Å²) in [6.45, 7) is -0.139. The number of benzene rings is 2. The molecule has 0 spiro atoms. The van der Waals surface area contributed by atoms with E-state index in [1.165, 1.54) is 24.5 Å². The molecule has 42 heavy (non-hydrogen) atoms. The quantitative estimate of drug-likeness (QED) is 0.217. The molecule has 0 radical (unpaired) electrons. The van der Waals surface area contributed by atoms with Crippen LogP contribution in [0.4, 0.5) is 27.6 Å². The number of carbonyl (C=O) groups is 2. The van der Waals surface area contributed by atoms with Gasteiger partial charge in [0.2, 0.25) is 5.88 Å². The third-order valence-corrected chi connectivity index (χ3v) is 7.06. The van der Waals surface area contributed by atoms with Crippen LogP contribution in [0.2, 0.25) is 0 Å². The number of rotatable bonds is 8. The Kier molecular flexibility index (Phi) is 7.95. The smallest absolute Gasteiger partial charge is 0.421 e. The molecule has 1 N–H and O–H groups in total. The number of halogens is 6. The molecular weight excluding hydrogens is 633 g/mol. The highest BCUT2D eigenvalue weighted by Gasteiger charge is 2.38. The molecule has 1 amide bonds. The highest BCUT2D eigenvalue weighted by atomic mass is 79.9. The monoisotopic (exact) mass is 651 g/mol. The average Bonchev–Trinajstić information content (AvgIpc) is 3.40. The lowest BCUT2D eigenvalue weighted by molar-refractivity contribution is -0.139. The Hall–Kier alpha value is -4.40. The minimum Gasteiger partial charge on any atom is -0.478 e. The second-order valence-corrected chi connectivity index (χ2v) is 10.3. The third kappa shape index (κ3) is 5.95. The standard InChI is InChI=1S/C27H19BrF5N5O4/c28-15-4-5-17(20(29)9-15)25(39)38(16-2-1-3-16)22-11-21(30)23(10-18(22)26(40)41)42-24-19(27(31,32)33)8-14(12-34-24)13-37-35-6-7-36-37/h4-12,16H,1-3,13H2,(H,40,41). The van der Waals surface area contributed by atoms with Gasteiger partial charge in [-0.3, -0.25) is 4.79 Å². The number of hydrogen-bond acceptors (Lipinski definition) is 6. The number of nitrogens with zero attached hydrogens (tertiary/aromatic N) is 5. The summed E-state index contributed by atoms with van der Waals surface area (Å²) in [6, 6.07) is 5.22. The number of ether oxygens (including phenoxy) is 1. The van der Waals surface area contributed by atoms with Crippen LogP contribution in [0.25, 0.3) is 0 Å². The number of carboxylic acid groups (broad SMARTS) is 1. The van der Waals surface area contributed by atoms with Gasteiger partial charge >= 0.3 is 12.1 Å². The molecule has 1 aliphatic carbocycles. The van der Waals surface area contributed by atoms with Crippen molar-refractivity contribution in [2.24, 2.45) is 0 Å². The number of aromatic nitrogens is 4. The van der Waals surface area contributed by atoms with Crippen LogP contribution in [0.1, 0.15) is 51.1 Å². The van der Waals surface area contributed by atoms with Gasteiger partial charge in [0.1, 0.15) is 11.4 Å². The van der Waals surface area contributed by atoms with E-state index in [0.29, 0.717) is 35.9 Å². The molecule has 2 heterocycles. The first-order valence-electron chi connectivity index (χ1n) is 12.4. The average molecular weight is 652 g/mol. The summed E-state index contributed by atoms with van der Waals surface area (Å²) in [5.41, 5.74) is -2.67. The number of anilines is 1. The first-order chi connectivity index (χ1) is 19.9. The van der Waals surface area contributed by atoms with Crippen molar-refractivity contribution in [2.45, 2.75) is 38.0 Å². The van der Waals surface area contributed by atoms with Crippen LogP contribution in [0, 0.1) is 11.6 Å². The Labute approximate surface area is 242 Å². The molecule has 15 heteroatoms. The molecule has 0 unspecified atom stereocenters. The fraction of sp³-hybridized carbons (Fsp3) is 0.222. The predicted molar refractivity (Wildman–Crippen MR) is 140 cm³/mol. The number of amides is 1. The molecule has 0 bridgehead atoms. The van der Waals surface area contributed by atoms with E-state index in [1.54, 1.807) is 0 Å². The van der Waals surface area contributed by atoms with Crippen molar-refractivity contribution in [2.75, 3.05) is 4.90 Å². The van der Waals surface area contributed by atoms with Gasteiger partial charge in [-0.25, -0.2) is 18.6 Å². The lowest BCUT2D eigenvalue weighted by Gasteiger charge is -2.38. The van der Waals surface area contributed by atoms with Crippen molar-refractivity contribution in [3.8, 4) is 11.6 Å². The Morgan fingerprint density at radius 1 is 1.05 bits per heavy atom. The molecule has 0 aliphatic heterocycles. The van der Waals surface area contributed by atoms with Crippen LogP contribution in [0.5, 0.6) is 11.6 Å². The number of hydrogen-bond donors (Lipinski definition) is 1. The van der Waals surface area contributed by atoms with E-state index in [9.17, 15) is 32.3 Å². The number of pyridine rings is 1. The number of aromatic carboxylic acids is 1. The topological polar surface area (TPSA) is 110 Å². The minimum absolute atomic E-state index is 0.0720. The summed E-state index contributed by atoms with van der Waals surface area (Å²) < 4.78 is 77.4. The SMILES string of the molecule is O=C(O)c1cc(Oc2ncc(Cn3nccn3)cc2C(F)(F)F)c(F)cc1N(C(=O)c1ccc(Br)cc1F)C1CCC1. The van der Waals surface area contributed by atoms with Gasteiger partial charge in [-0.2, -0.15) is 28.2 Å². The molecule has 0 atom stereocenters. The molecule has 0 saturated heterocycles. The lowest BCUT2D eigenvalue weighted by atomic mass is 9.89. The highest BCUT2D eigenvalue weighted by molar-refractivity contribution is 9.10. The van der Waals surface area contributed by atoms with Crippen LogP contribution in [-0.4, -0.2) is 43.0 Å². The number of carbonyl (C=O) groups excluding carboxylic acids is 1. The summed E-state index contributed by atoms with van der Waals surface area (Å²) in [5.74, 6) is -6.55. The summed E-state index contributed by atoms with van der Waals surface area (Å²) >= 11 is 3.10. The summed E-state index contributed by atoms with van der Waals surface area (Å²) in [6.07, 6.45) is 0.367. The second-order valence-electron chi connectivity index (χ2n) is 9.34. The molecule has 2 aromatic carbocycles. The molecule has 1 saturated carbocycles. The van der Waals surface area contributed by atoms with Gasteiger partial charge in [0.15, 0.2) is 11.6 Å². The molecular formula is C27H19BrF5N5O4. The van der Waals surface area contributed by atoms with E-state index in [-0.39, 0.29) is 17.7 Å². The minimum atomic E-state index is -4.97. The summed E-state index contributed by atoms with van der Waals surface area (Å²) in [4.78, 5) is 31.5. The Bertz CT molecular complexity index is 1660. The van der Waals surface area contributed by atoms with Gasteiger partial charge in [-0.1, -0.05) is 15.9 Å². The Morgan fingerprint density at radius 3 is 2.36 bits per heavy atom. The van der Waals surface area contributed by atoms with E-state index < -0.39 is 64.2 Å². The first kappa shape index (κ1) is 29.1. The normalized spacial score (nSPS) is 13.5. The van der Waals surface area contributed by atoms with Crippen LogP contribution in [0.15, 0.2) is 59.5 Å².